The van der Waals surface area contributed by atoms with Crippen LogP contribution in [0.25, 0.3) is 22.3 Å². The van der Waals surface area contributed by atoms with Crippen LogP contribution in [0, 0.1) is 0 Å². The van der Waals surface area contributed by atoms with Crippen molar-refractivity contribution in [2.45, 2.75) is 26.2 Å². The molecular formula is C17H16O3. The summed E-state index contributed by atoms with van der Waals surface area (Å²) >= 11 is 0. The van der Waals surface area contributed by atoms with Crippen LogP contribution in [0.3, 0.4) is 0 Å². The van der Waals surface area contributed by atoms with E-state index in [4.69, 9.17) is 4.42 Å². The molecule has 1 aromatic carbocycles. The zero-order valence-electron chi connectivity index (χ0n) is 11.7. The molecule has 0 aromatic heterocycles. The first-order valence-corrected chi connectivity index (χ1v) is 6.56. The van der Waals surface area contributed by atoms with Crippen molar-refractivity contribution in [3.05, 3.63) is 52.2 Å². The third-order valence-corrected chi connectivity index (χ3v) is 3.43. The second-order valence-electron chi connectivity index (χ2n) is 6.07. The van der Waals surface area contributed by atoms with Gasteiger partial charge in [-0.3, -0.25) is 4.79 Å². The fourth-order valence-electron chi connectivity index (χ4n) is 2.67. The minimum absolute atomic E-state index is 0.0828. The Bertz CT molecular complexity index is 822. The maximum Gasteiger partial charge on any atom is 0.182 e. The largest absolute Gasteiger partial charge is 0.508 e. The molecule has 0 fully saturated rings. The van der Waals surface area contributed by atoms with Gasteiger partial charge in [-0.15, -0.1) is 0 Å². The molecule has 1 aromatic rings. The summed E-state index contributed by atoms with van der Waals surface area (Å²) < 4.78 is 5.78. The Morgan fingerprint density at radius 1 is 1.05 bits per heavy atom. The molecule has 0 amide bonds. The highest BCUT2D eigenvalue weighted by molar-refractivity contribution is 5.89. The van der Waals surface area contributed by atoms with E-state index in [1.54, 1.807) is 18.2 Å². The number of phenols is 1. The number of phenolic OH excluding ortho intramolecular Hbond substituents is 1. The lowest BCUT2D eigenvalue weighted by molar-refractivity contribution is 0.474. The zero-order chi connectivity index (χ0) is 14.5. The lowest BCUT2D eigenvalue weighted by atomic mass is 9.81. The second-order valence-corrected chi connectivity index (χ2v) is 6.07. The lowest BCUT2D eigenvalue weighted by Crippen LogP contribution is -2.15. The van der Waals surface area contributed by atoms with Crippen LogP contribution in [0.4, 0.5) is 0 Å². The quantitative estimate of drug-likeness (QED) is 0.629. The van der Waals surface area contributed by atoms with Crippen LogP contribution >= 0.6 is 0 Å². The molecule has 102 valence electrons. The van der Waals surface area contributed by atoms with Crippen molar-refractivity contribution in [2.75, 3.05) is 0 Å². The predicted molar refractivity (Wildman–Crippen MR) is 79.5 cm³/mol. The van der Waals surface area contributed by atoms with Crippen molar-refractivity contribution in [3.8, 4) is 17.1 Å². The highest BCUT2D eigenvalue weighted by Crippen LogP contribution is 2.40. The fourth-order valence-corrected chi connectivity index (χ4v) is 2.67. The van der Waals surface area contributed by atoms with Crippen molar-refractivity contribution in [2.24, 2.45) is 0 Å². The van der Waals surface area contributed by atoms with Crippen LogP contribution in [0.15, 0.2) is 45.6 Å². The van der Waals surface area contributed by atoms with Gasteiger partial charge in [0.25, 0.3) is 0 Å². The molecule has 3 rings (SSSR count). The standard InChI is InChI=1S/C17H16O3/c1-17(2,3)16-12-6-4-10(18)8-14(12)20-15-9-11(19)5-7-13(15)16/h4-9,18H,1-3H3. The topological polar surface area (TPSA) is 50.4 Å². The van der Waals surface area contributed by atoms with Gasteiger partial charge in [0.15, 0.2) is 5.43 Å². The molecular weight excluding hydrogens is 252 g/mol. The molecule has 20 heavy (non-hydrogen) atoms. The minimum atomic E-state index is -0.103. The van der Waals surface area contributed by atoms with Gasteiger partial charge in [0, 0.05) is 23.1 Å². The number of hydrogen-bond donors (Lipinski definition) is 1. The average molecular weight is 268 g/mol. The lowest BCUT2D eigenvalue weighted by Gasteiger charge is -2.25. The molecule has 0 radical (unpaired) electrons. The van der Waals surface area contributed by atoms with E-state index < -0.39 is 0 Å². The number of benzene rings is 2. The first-order chi connectivity index (χ1) is 9.36. The number of aromatic hydroxyl groups is 1. The van der Waals surface area contributed by atoms with Gasteiger partial charge in [0.1, 0.15) is 17.1 Å². The molecule has 1 heterocycles. The Kier molecular flexibility index (Phi) is 2.61. The van der Waals surface area contributed by atoms with E-state index in [1.165, 1.54) is 6.07 Å². The van der Waals surface area contributed by atoms with Gasteiger partial charge in [-0.05, 0) is 35.2 Å². The summed E-state index contributed by atoms with van der Waals surface area (Å²) in [5.74, 6) is 0.708. The van der Waals surface area contributed by atoms with Gasteiger partial charge in [-0.1, -0.05) is 20.8 Å². The molecule has 3 heteroatoms. The van der Waals surface area contributed by atoms with Crippen LogP contribution in [-0.4, -0.2) is 5.11 Å². The van der Waals surface area contributed by atoms with Gasteiger partial charge in [0.05, 0.1) is 0 Å². The summed E-state index contributed by atoms with van der Waals surface area (Å²) in [5, 5.41) is 10.6. The molecule has 0 spiro atoms. The Morgan fingerprint density at radius 2 is 1.80 bits per heavy atom. The summed E-state index contributed by atoms with van der Waals surface area (Å²) in [5.41, 5.74) is 2.46. The van der Waals surface area contributed by atoms with Crippen LogP contribution in [0.1, 0.15) is 26.3 Å². The summed E-state index contributed by atoms with van der Waals surface area (Å²) in [4.78, 5) is 11.5. The third-order valence-electron chi connectivity index (χ3n) is 3.43. The first kappa shape index (κ1) is 12.7. The maximum absolute atomic E-state index is 11.5. The summed E-state index contributed by atoms with van der Waals surface area (Å²) in [6, 6.07) is 9.96. The number of fused-ring (bicyclic) bond motifs is 2. The maximum atomic E-state index is 11.5. The summed E-state index contributed by atoms with van der Waals surface area (Å²) in [6.45, 7) is 6.37. The monoisotopic (exact) mass is 268 g/mol. The predicted octanol–water partition coefficient (Wildman–Crippen LogP) is 3.90. The molecule has 0 saturated heterocycles. The van der Waals surface area contributed by atoms with Gasteiger partial charge < -0.3 is 9.52 Å². The van der Waals surface area contributed by atoms with Gasteiger partial charge >= 0.3 is 0 Å². The molecule has 0 bridgehead atoms. The van der Waals surface area contributed by atoms with Crippen LogP contribution in [-0.2, 0) is 5.41 Å². The Balaban J connectivity index is 2.56. The average Bonchev–Trinajstić information content (AvgIpc) is 2.34. The number of hydrogen-bond acceptors (Lipinski definition) is 3. The SMILES string of the molecule is CC(C)(C)c1c2ccc(=O)cc-2oc2cc(O)ccc12. The number of rotatable bonds is 0. The van der Waals surface area contributed by atoms with E-state index in [9.17, 15) is 9.90 Å². The van der Waals surface area contributed by atoms with E-state index in [0.29, 0.717) is 11.3 Å². The Morgan fingerprint density at radius 3 is 2.50 bits per heavy atom. The molecule has 2 aliphatic rings. The van der Waals surface area contributed by atoms with E-state index in [1.807, 2.05) is 12.1 Å². The highest BCUT2D eigenvalue weighted by Gasteiger charge is 2.25. The van der Waals surface area contributed by atoms with Gasteiger partial charge in [-0.2, -0.15) is 0 Å². The smallest absolute Gasteiger partial charge is 0.182 e. The molecule has 1 aliphatic heterocycles. The molecule has 0 unspecified atom stereocenters. The molecule has 3 nitrogen and oxygen atoms in total. The van der Waals surface area contributed by atoms with Crippen LogP contribution < -0.4 is 5.43 Å². The van der Waals surface area contributed by atoms with Crippen LogP contribution in [0.5, 0.6) is 5.75 Å². The fraction of sp³-hybridized carbons (Fsp3) is 0.235. The molecule has 1 N–H and O–H groups in total. The molecule has 1 aliphatic carbocycles. The summed E-state index contributed by atoms with van der Waals surface area (Å²) in [7, 11) is 0. The molecule has 0 atom stereocenters. The zero-order valence-corrected chi connectivity index (χ0v) is 11.7. The van der Waals surface area contributed by atoms with Gasteiger partial charge in [-0.25, -0.2) is 0 Å². The highest BCUT2D eigenvalue weighted by atomic mass is 16.3. The third kappa shape index (κ3) is 1.95. The van der Waals surface area contributed by atoms with Crippen molar-refractivity contribution in [1.29, 1.82) is 0 Å². The van der Waals surface area contributed by atoms with E-state index in [2.05, 4.69) is 20.8 Å². The van der Waals surface area contributed by atoms with Crippen molar-refractivity contribution < 1.29 is 9.52 Å². The van der Waals surface area contributed by atoms with Crippen molar-refractivity contribution in [1.82, 2.24) is 0 Å². The second kappa shape index (κ2) is 4.10. The van der Waals surface area contributed by atoms with E-state index >= 15 is 0 Å². The van der Waals surface area contributed by atoms with E-state index in [0.717, 1.165) is 16.5 Å². The van der Waals surface area contributed by atoms with Gasteiger partial charge in [0.2, 0.25) is 0 Å². The summed E-state index contributed by atoms with van der Waals surface area (Å²) in [6.07, 6.45) is 0. The normalized spacial score (nSPS) is 12.2. The minimum Gasteiger partial charge on any atom is -0.508 e. The Labute approximate surface area is 116 Å². The Hall–Kier alpha value is -2.29. The van der Waals surface area contributed by atoms with Crippen molar-refractivity contribution >= 4 is 11.0 Å². The van der Waals surface area contributed by atoms with E-state index in [-0.39, 0.29) is 16.6 Å². The van der Waals surface area contributed by atoms with Crippen LogP contribution in [0.2, 0.25) is 0 Å². The molecule has 0 saturated carbocycles. The van der Waals surface area contributed by atoms with Crippen molar-refractivity contribution in [3.63, 3.8) is 0 Å². The first-order valence-electron chi connectivity index (χ1n) is 6.56.